The van der Waals surface area contributed by atoms with Gasteiger partial charge in [-0.1, -0.05) is 18.2 Å². The summed E-state index contributed by atoms with van der Waals surface area (Å²) in [6, 6.07) is 13.9. The Morgan fingerprint density at radius 1 is 0.964 bits per heavy atom. The van der Waals surface area contributed by atoms with Crippen LogP contribution in [0.1, 0.15) is 20.8 Å². The third kappa shape index (κ3) is 3.97. The predicted octanol–water partition coefficient (Wildman–Crippen LogP) is 4.30. The molecule has 0 fully saturated rings. The quantitative estimate of drug-likeness (QED) is 0.529. The van der Waals surface area contributed by atoms with E-state index in [2.05, 4.69) is 20.6 Å². The molecule has 4 aromatic rings. The molecule has 0 atom stereocenters. The molecule has 0 unspecified atom stereocenters. The van der Waals surface area contributed by atoms with Crippen molar-refractivity contribution >= 4 is 34.7 Å². The molecule has 2 amide bonds. The van der Waals surface area contributed by atoms with Gasteiger partial charge >= 0.3 is 0 Å². The van der Waals surface area contributed by atoms with Gasteiger partial charge in [0, 0.05) is 16.5 Å². The highest BCUT2D eigenvalue weighted by molar-refractivity contribution is 7.13. The summed E-state index contributed by atoms with van der Waals surface area (Å²) >= 11 is 1.36. The van der Waals surface area contributed by atoms with Gasteiger partial charge in [0.25, 0.3) is 11.8 Å². The highest BCUT2D eigenvalue weighted by Crippen LogP contribution is 2.24. The molecule has 0 aliphatic rings. The number of hydrogen-bond donors (Lipinski definition) is 2. The van der Waals surface area contributed by atoms with E-state index in [-0.39, 0.29) is 11.8 Å². The summed E-state index contributed by atoms with van der Waals surface area (Å²) < 4.78 is 5.03. The molecule has 0 saturated heterocycles. The Bertz CT molecular complexity index is 1090. The van der Waals surface area contributed by atoms with Crippen molar-refractivity contribution in [3.05, 3.63) is 83.9 Å². The van der Waals surface area contributed by atoms with Gasteiger partial charge in [-0.15, -0.1) is 11.3 Å². The average molecular weight is 390 g/mol. The zero-order valence-corrected chi connectivity index (χ0v) is 15.3. The average Bonchev–Trinajstić information content (AvgIpc) is 3.42. The lowest BCUT2D eigenvalue weighted by Crippen LogP contribution is -2.14. The Morgan fingerprint density at radius 2 is 1.82 bits per heavy atom. The summed E-state index contributed by atoms with van der Waals surface area (Å²) in [5.74, 6) is -0.198. The molecule has 0 aliphatic heterocycles. The number of rotatable bonds is 5. The van der Waals surface area contributed by atoms with Crippen molar-refractivity contribution in [3.8, 4) is 10.6 Å². The molecule has 1 aromatic carbocycles. The second-order valence-electron chi connectivity index (χ2n) is 5.76. The van der Waals surface area contributed by atoms with E-state index in [1.54, 1.807) is 60.4 Å². The van der Waals surface area contributed by atoms with Crippen molar-refractivity contribution in [3.63, 3.8) is 0 Å². The molecule has 0 saturated carbocycles. The van der Waals surface area contributed by atoms with Crippen molar-refractivity contribution in [2.24, 2.45) is 0 Å². The summed E-state index contributed by atoms with van der Waals surface area (Å²) in [6.07, 6.45) is 4.61. The van der Waals surface area contributed by atoms with Crippen molar-refractivity contribution in [1.82, 2.24) is 9.97 Å². The van der Waals surface area contributed by atoms with Gasteiger partial charge in [0.1, 0.15) is 22.8 Å². The molecule has 2 N–H and O–H groups in total. The normalized spacial score (nSPS) is 10.4. The van der Waals surface area contributed by atoms with Gasteiger partial charge in [0.2, 0.25) is 0 Å². The van der Waals surface area contributed by atoms with Crippen molar-refractivity contribution in [2.75, 3.05) is 10.6 Å². The van der Waals surface area contributed by atoms with Crippen LogP contribution in [0.4, 0.5) is 11.5 Å². The predicted molar refractivity (Wildman–Crippen MR) is 106 cm³/mol. The van der Waals surface area contributed by atoms with E-state index in [0.717, 1.165) is 5.56 Å². The topological polar surface area (TPSA) is 97.1 Å². The molecule has 0 aliphatic carbocycles. The van der Waals surface area contributed by atoms with Crippen molar-refractivity contribution in [1.29, 1.82) is 0 Å². The van der Waals surface area contributed by atoms with Crippen LogP contribution in [0.3, 0.4) is 0 Å². The van der Waals surface area contributed by atoms with E-state index < -0.39 is 0 Å². The second kappa shape index (κ2) is 7.85. The highest BCUT2D eigenvalue weighted by atomic mass is 32.1. The van der Waals surface area contributed by atoms with E-state index >= 15 is 0 Å². The Kier molecular flexibility index (Phi) is 4.94. The number of aromatic nitrogens is 2. The Balaban J connectivity index is 1.39. The van der Waals surface area contributed by atoms with Gasteiger partial charge in [-0.25, -0.2) is 9.97 Å². The lowest BCUT2D eigenvalue weighted by Gasteiger charge is -2.06. The Labute approximate surface area is 164 Å². The SMILES string of the molecule is O=C(Nc1ccc(NC(=O)c2csc(-c3ccoc3)n2)cn1)c1ccccc1. The fraction of sp³-hybridized carbons (Fsp3) is 0. The highest BCUT2D eigenvalue weighted by Gasteiger charge is 2.13. The fourth-order valence-corrected chi connectivity index (χ4v) is 3.20. The number of nitrogens with one attached hydrogen (secondary N) is 2. The van der Waals surface area contributed by atoms with Crippen LogP contribution in [0, 0.1) is 0 Å². The van der Waals surface area contributed by atoms with Gasteiger partial charge in [0.15, 0.2) is 0 Å². The van der Waals surface area contributed by atoms with Gasteiger partial charge in [-0.3, -0.25) is 9.59 Å². The summed E-state index contributed by atoms with van der Waals surface area (Å²) in [7, 11) is 0. The Morgan fingerprint density at radius 3 is 2.54 bits per heavy atom. The first-order valence-corrected chi connectivity index (χ1v) is 9.19. The summed E-state index contributed by atoms with van der Waals surface area (Å²) in [5, 5.41) is 7.83. The number of carbonyl (C=O) groups excluding carboxylic acids is 2. The van der Waals surface area contributed by atoms with Crippen LogP contribution in [0.2, 0.25) is 0 Å². The van der Waals surface area contributed by atoms with Crippen molar-refractivity contribution in [2.45, 2.75) is 0 Å². The molecule has 0 radical (unpaired) electrons. The van der Waals surface area contributed by atoms with Crippen LogP contribution in [0.5, 0.6) is 0 Å². The zero-order valence-electron chi connectivity index (χ0n) is 14.5. The lowest BCUT2D eigenvalue weighted by molar-refractivity contribution is 0.101. The molecule has 3 aromatic heterocycles. The molecular formula is C20H14N4O3S. The molecule has 0 bridgehead atoms. The van der Waals surface area contributed by atoms with E-state index in [1.165, 1.54) is 17.5 Å². The minimum atomic E-state index is -0.339. The number of anilines is 2. The van der Waals surface area contributed by atoms with Crippen LogP contribution in [-0.2, 0) is 0 Å². The van der Waals surface area contributed by atoms with Gasteiger partial charge < -0.3 is 15.1 Å². The van der Waals surface area contributed by atoms with Gasteiger partial charge in [-0.2, -0.15) is 0 Å². The van der Waals surface area contributed by atoms with Crippen molar-refractivity contribution < 1.29 is 14.0 Å². The van der Waals surface area contributed by atoms with Gasteiger partial charge in [-0.05, 0) is 30.3 Å². The number of pyridine rings is 1. The molecule has 138 valence electrons. The molecule has 4 rings (SSSR count). The maximum atomic E-state index is 12.4. The van der Waals surface area contributed by atoms with E-state index in [1.807, 2.05) is 6.07 Å². The lowest BCUT2D eigenvalue weighted by atomic mass is 10.2. The maximum Gasteiger partial charge on any atom is 0.275 e. The largest absolute Gasteiger partial charge is 0.472 e. The number of carbonyl (C=O) groups is 2. The molecular weight excluding hydrogens is 376 g/mol. The first-order chi connectivity index (χ1) is 13.7. The van der Waals surface area contributed by atoms with E-state index in [9.17, 15) is 9.59 Å². The van der Waals surface area contributed by atoms with E-state index in [4.69, 9.17) is 4.42 Å². The zero-order chi connectivity index (χ0) is 19.3. The van der Waals surface area contributed by atoms with E-state index in [0.29, 0.717) is 27.8 Å². The molecule has 8 heteroatoms. The monoisotopic (exact) mass is 390 g/mol. The number of thiazole rings is 1. The molecule has 0 spiro atoms. The molecule has 3 heterocycles. The number of nitrogens with zero attached hydrogens (tertiary/aromatic N) is 2. The number of benzene rings is 1. The maximum absolute atomic E-state index is 12.4. The van der Waals surface area contributed by atoms with Crippen LogP contribution in [-0.4, -0.2) is 21.8 Å². The van der Waals surface area contributed by atoms with Crippen LogP contribution >= 0.6 is 11.3 Å². The second-order valence-corrected chi connectivity index (χ2v) is 6.61. The van der Waals surface area contributed by atoms with Crippen LogP contribution in [0.25, 0.3) is 10.6 Å². The number of furan rings is 1. The molecule has 7 nitrogen and oxygen atoms in total. The summed E-state index contributed by atoms with van der Waals surface area (Å²) in [5.41, 5.74) is 2.17. The fourth-order valence-electron chi connectivity index (χ4n) is 2.41. The third-order valence-corrected chi connectivity index (χ3v) is 4.70. The minimum absolute atomic E-state index is 0.251. The first kappa shape index (κ1) is 17.6. The summed E-state index contributed by atoms with van der Waals surface area (Å²) in [4.78, 5) is 33.0. The standard InChI is InChI=1S/C20H14N4O3S/c25-18(13-4-2-1-3-5-13)24-17-7-6-15(10-21-17)22-19(26)16-12-28-20(23-16)14-8-9-27-11-14/h1-12H,(H,22,26)(H,21,24,25). The first-order valence-electron chi connectivity index (χ1n) is 8.31. The summed E-state index contributed by atoms with van der Waals surface area (Å²) in [6.45, 7) is 0. The van der Waals surface area contributed by atoms with Crippen LogP contribution < -0.4 is 10.6 Å². The Hall–Kier alpha value is -3.78. The molecule has 28 heavy (non-hydrogen) atoms. The third-order valence-electron chi connectivity index (χ3n) is 3.80. The van der Waals surface area contributed by atoms with Gasteiger partial charge in [0.05, 0.1) is 18.1 Å². The number of amides is 2. The number of hydrogen-bond acceptors (Lipinski definition) is 6. The van der Waals surface area contributed by atoms with Crippen LogP contribution in [0.15, 0.2) is 77.1 Å². The minimum Gasteiger partial charge on any atom is -0.472 e. The smallest absolute Gasteiger partial charge is 0.275 e.